The molecule has 0 spiro atoms. The Balaban J connectivity index is 1.96. The van der Waals surface area contributed by atoms with Gasteiger partial charge in [-0.15, -0.1) is 11.3 Å². The van der Waals surface area contributed by atoms with Crippen LogP contribution in [-0.4, -0.2) is 0 Å². The van der Waals surface area contributed by atoms with Gasteiger partial charge in [-0.3, -0.25) is 14.4 Å². The lowest BCUT2D eigenvalue weighted by molar-refractivity contribution is 1.56. The third-order valence-electron chi connectivity index (χ3n) is 3.88. The van der Waals surface area contributed by atoms with Crippen molar-refractivity contribution in [3.05, 3.63) is 91.3 Å². The van der Waals surface area contributed by atoms with Crippen molar-refractivity contribution in [1.29, 1.82) is 0 Å². The van der Waals surface area contributed by atoms with Crippen LogP contribution in [0.5, 0.6) is 0 Å². The third kappa shape index (κ3) is 2.07. The first-order chi connectivity index (χ1) is 11.2. The van der Waals surface area contributed by atoms with Crippen molar-refractivity contribution in [2.24, 2.45) is 0 Å². The summed E-state index contributed by atoms with van der Waals surface area (Å²) in [6.07, 6.45) is 0. The Hall–Kier alpha value is -2.85. The van der Waals surface area contributed by atoms with Crippen molar-refractivity contribution >= 4 is 22.1 Å². The first kappa shape index (κ1) is 13.8. The molecule has 3 nitrogen and oxygen atoms in total. The third-order valence-corrected chi connectivity index (χ3v) is 5.05. The summed E-state index contributed by atoms with van der Waals surface area (Å²) in [7, 11) is 0. The van der Waals surface area contributed by atoms with Crippen LogP contribution in [0.1, 0.15) is 0 Å². The Labute approximate surface area is 134 Å². The van der Waals surface area contributed by atoms with Gasteiger partial charge in [-0.05, 0) is 17.7 Å². The maximum absolute atomic E-state index is 12.1. The maximum Gasteiger partial charge on any atom is 0.274 e. The summed E-state index contributed by atoms with van der Waals surface area (Å²) < 4.78 is 0. The summed E-state index contributed by atoms with van der Waals surface area (Å²) >= 11 is 1.53. The number of thiophene rings is 1. The molecule has 0 unspecified atom stereocenters. The molecule has 4 rings (SSSR count). The lowest BCUT2D eigenvalue weighted by Gasteiger charge is -1.99. The number of fused-ring (bicyclic) bond motifs is 1. The van der Waals surface area contributed by atoms with E-state index in [1.807, 2.05) is 42.5 Å². The molecule has 0 amide bonds. The van der Waals surface area contributed by atoms with Gasteiger partial charge in [0.15, 0.2) is 0 Å². The second kappa shape index (κ2) is 5.11. The van der Waals surface area contributed by atoms with Crippen molar-refractivity contribution in [2.45, 2.75) is 0 Å². The Morgan fingerprint density at radius 1 is 0.609 bits per heavy atom. The van der Waals surface area contributed by atoms with Gasteiger partial charge in [-0.25, -0.2) is 0 Å². The van der Waals surface area contributed by atoms with E-state index in [1.54, 1.807) is 12.1 Å². The molecule has 1 aromatic heterocycles. The van der Waals surface area contributed by atoms with E-state index >= 15 is 0 Å². The molecule has 0 bridgehead atoms. The maximum atomic E-state index is 12.1. The molecule has 0 aliphatic rings. The summed E-state index contributed by atoms with van der Waals surface area (Å²) in [6, 6.07) is 18.9. The van der Waals surface area contributed by atoms with Gasteiger partial charge < -0.3 is 0 Å². The van der Waals surface area contributed by atoms with Crippen LogP contribution in [0.15, 0.2) is 75.0 Å². The van der Waals surface area contributed by atoms with Crippen LogP contribution in [0.25, 0.3) is 31.7 Å². The van der Waals surface area contributed by atoms with Crippen molar-refractivity contribution < 1.29 is 0 Å². The Morgan fingerprint density at radius 2 is 1.35 bits per heavy atom. The Kier molecular flexibility index (Phi) is 3.06. The molecule has 23 heavy (non-hydrogen) atoms. The fourth-order valence-electron chi connectivity index (χ4n) is 2.77. The standard InChI is InChI=1S/C19H10O3S/c20-17-13-8-4-7-12(16(13)18(21)19(17)22)15-10-9-14(23-15)11-5-2-1-3-6-11/h1-10H. The molecule has 3 aromatic carbocycles. The van der Waals surface area contributed by atoms with E-state index in [2.05, 4.69) is 0 Å². The molecule has 0 atom stereocenters. The minimum absolute atomic E-state index is 0.215. The highest BCUT2D eigenvalue weighted by atomic mass is 32.1. The van der Waals surface area contributed by atoms with Gasteiger partial charge in [0.25, 0.3) is 5.43 Å². The van der Waals surface area contributed by atoms with Gasteiger partial charge in [0.1, 0.15) is 0 Å². The first-order valence-electron chi connectivity index (χ1n) is 7.09. The van der Waals surface area contributed by atoms with Gasteiger partial charge in [0.05, 0.1) is 0 Å². The van der Waals surface area contributed by atoms with Crippen molar-refractivity contribution in [3.63, 3.8) is 0 Å². The summed E-state index contributed by atoms with van der Waals surface area (Å²) in [4.78, 5) is 37.6. The van der Waals surface area contributed by atoms with Crippen LogP contribution in [0.3, 0.4) is 0 Å². The Morgan fingerprint density at radius 3 is 2.13 bits per heavy atom. The largest absolute Gasteiger partial charge is 0.285 e. The first-order valence-corrected chi connectivity index (χ1v) is 7.90. The highest BCUT2D eigenvalue weighted by Crippen LogP contribution is 2.36. The quantitative estimate of drug-likeness (QED) is 0.533. The van der Waals surface area contributed by atoms with E-state index in [9.17, 15) is 14.4 Å². The normalized spacial score (nSPS) is 11.1. The lowest BCUT2D eigenvalue weighted by Crippen LogP contribution is -2.29. The SMILES string of the molecule is O=c1c(=O)c2cccc(-c3ccc(-c4ccccc4)s3)c2c1=O. The predicted molar refractivity (Wildman–Crippen MR) is 93.9 cm³/mol. The molecule has 0 fully saturated rings. The van der Waals surface area contributed by atoms with E-state index in [0.29, 0.717) is 5.56 Å². The number of rotatable bonds is 2. The van der Waals surface area contributed by atoms with Crippen molar-refractivity contribution in [2.75, 3.05) is 0 Å². The average molecular weight is 318 g/mol. The predicted octanol–water partition coefficient (Wildman–Crippen LogP) is 3.19. The van der Waals surface area contributed by atoms with Crippen LogP contribution in [-0.2, 0) is 0 Å². The van der Waals surface area contributed by atoms with Crippen LogP contribution in [0, 0.1) is 0 Å². The molecule has 0 N–H and O–H groups in total. The molecule has 4 aromatic rings. The minimum atomic E-state index is -0.938. The molecule has 0 saturated heterocycles. The van der Waals surface area contributed by atoms with Crippen molar-refractivity contribution in [1.82, 2.24) is 0 Å². The smallest absolute Gasteiger partial charge is 0.274 e. The monoisotopic (exact) mass is 318 g/mol. The zero-order valence-electron chi connectivity index (χ0n) is 11.9. The lowest BCUT2D eigenvalue weighted by atomic mass is 10.1. The molecule has 0 aliphatic heterocycles. The number of hydrogen-bond acceptors (Lipinski definition) is 4. The highest BCUT2D eigenvalue weighted by Gasteiger charge is 2.17. The van der Waals surface area contributed by atoms with Gasteiger partial charge in [-0.1, -0.05) is 48.5 Å². The molecular weight excluding hydrogens is 308 g/mol. The van der Waals surface area contributed by atoms with E-state index in [-0.39, 0.29) is 10.8 Å². The molecule has 110 valence electrons. The topological polar surface area (TPSA) is 51.2 Å². The summed E-state index contributed by atoms with van der Waals surface area (Å²) in [5.41, 5.74) is -0.595. The van der Waals surface area contributed by atoms with E-state index in [0.717, 1.165) is 15.3 Å². The van der Waals surface area contributed by atoms with E-state index < -0.39 is 16.3 Å². The average Bonchev–Trinajstić information content (AvgIpc) is 3.17. The van der Waals surface area contributed by atoms with E-state index in [1.165, 1.54) is 17.4 Å². The zero-order valence-corrected chi connectivity index (χ0v) is 12.7. The summed E-state index contributed by atoms with van der Waals surface area (Å²) in [6.45, 7) is 0. The second-order valence-corrected chi connectivity index (χ2v) is 6.33. The van der Waals surface area contributed by atoms with E-state index in [4.69, 9.17) is 0 Å². The Bertz CT molecular complexity index is 1160. The molecular formula is C19H10O3S. The molecule has 0 saturated carbocycles. The fourth-order valence-corrected chi connectivity index (χ4v) is 3.81. The van der Waals surface area contributed by atoms with Gasteiger partial charge in [0.2, 0.25) is 10.9 Å². The number of hydrogen-bond donors (Lipinski definition) is 0. The molecule has 0 aliphatic carbocycles. The fraction of sp³-hybridized carbons (Fsp3) is 0. The van der Waals surface area contributed by atoms with Gasteiger partial charge >= 0.3 is 0 Å². The van der Waals surface area contributed by atoms with Crippen LogP contribution >= 0.6 is 11.3 Å². The second-order valence-electron chi connectivity index (χ2n) is 5.25. The number of benzene rings is 2. The van der Waals surface area contributed by atoms with Crippen LogP contribution in [0.2, 0.25) is 0 Å². The molecule has 4 heteroatoms. The molecule has 1 heterocycles. The van der Waals surface area contributed by atoms with Gasteiger partial charge in [0, 0.05) is 26.1 Å². The summed E-state index contributed by atoms with van der Waals surface area (Å²) in [5, 5.41) is 0.455. The van der Waals surface area contributed by atoms with Gasteiger partial charge in [-0.2, -0.15) is 0 Å². The summed E-state index contributed by atoms with van der Waals surface area (Å²) in [5.74, 6) is 0. The zero-order chi connectivity index (χ0) is 16.0. The highest BCUT2D eigenvalue weighted by molar-refractivity contribution is 7.18. The minimum Gasteiger partial charge on any atom is -0.285 e. The van der Waals surface area contributed by atoms with Crippen LogP contribution in [0.4, 0.5) is 0 Å². The molecule has 0 radical (unpaired) electrons. The van der Waals surface area contributed by atoms with Crippen molar-refractivity contribution in [3.8, 4) is 20.9 Å². The van der Waals surface area contributed by atoms with Crippen LogP contribution < -0.4 is 16.3 Å².